The molecule has 3 aromatic rings. The van der Waals surface area contributed by atoms with Crippen LogP contribution in [0, 0.1) is 16.7 Å². The molecule has 0 radical (unpaired) electrons. The maximum atomic E-state index is 14.1. The van der Waals surface area contributed by atoms with Crippen LogP contribution in [0.25, 0.3) is 21.7 Å². The molecule has 2 aliphatic rings. The standard InChI is InChI=1S/C24H21F2N5O3S/c1-23(25,26)18-7-16(6-17(9-32)28-18)20-19(15-4-2-3-14(5-15)8-27)29-21(35-20)30-22(33)31-10-24(11-31)12-34-13-24/h2-7,32H,9-13H2,1H3,(H,29,30,33). The molecule has 11 heteroatoms. The molecule has 5 rings (SSSR count). The number of nitriles is 1. The second-order valence-electron chi connectivity index (χ2n) is 8.95. The Morgan fingerprint density at radius 3 is 2.69 bits per heavy atom. The lowest BCUT2D eigenvalue weighted by molar-refractivity contribution is -0.174. The van der Waals surface area contributed by atoms with E-state index in [9.17, 15) is 23.9 Å². The Hall–Kier alpha value is -3.46. The number of nitrogens with zero attached hydrogens (tertiary/aromatic N) is 4. The summed E-state index contributed by atoms with van der Waals surface area (Å²) in [6.07, 6.45) is 0. The molecule has 0 saturated carbocycles. The van der Waals surface area contributed by atoms with Crippen LogP contribution in [0.4, 0.5) is 18.7 Å². The summed E-state index contributed by atoms with van der Waals surface area (Å²) in [5.41, 5.74) is 1.48. The highest BCUT2D eigenvalue weighted by molar-refractivity contribution is 7.19. The van der Waals surface area contributed by atoms with Crippen LogP contribution in [0.5, 0.6) is 0 Å². The van der Waals surface area contributed by atoms with Crippen LogP contribution in [-0.4, -0.2) is 52.3 Å². The van der Waals surface area contributed by atoms with Gasteiger partial charge in [0, 0.05) is 25.6 Å². The number of aliphatic hydroxyl groups excluding tert-OH is 1. The van der Waals surface area contributed by atoms with Crippen molar-refractivity contribution in [2.45, 2.75) is 19.5 Å². The van der Waals surface area contributed by atoms with Gasteiger partial charge >= 0.3 is 6.03 Å². The van der Waals surface area contributed by atoms with Gasteiger partial charge in [-0.05, 0) is 29.8 Å². The zero-order valence-corrected chi connectivity index (χ0v) is 19.5. The lowest BCUT2D eigenvalue weighted by Crippen LogP contribution is -2.67. The Kier molecular flexibility index (Phi) is 5.75. The zero-order chi connectivity index (χ0) is 24.8. The molecular weight excluding hydrogens is 476 g/mol. The Bertz CT molecular complexity index is 1340. The molecule has 2 saturated heterocycles. The highest BCUT2D eigenvalue weighted by atomic mass is 32.1. The number of alkyl halides is 2. The molecule has 1 spiro atoms. The molecule has 2 aliphatic heterocycles. The number of pyridine rings is 1. The summed E-state index contributed by atoms with van der Waals surface area (Å²) in [5, 5.41) is 22.0. The second kappa shape index (κ2) is 8.64. The van der Waals surface area contributed by atoms with Gasteiger partial charge in [-0.15, -0.1) is 0 Å². The van der Waals surface area contributed by atoms with Crippen molar-refractivity contribution in [1.82, 2.24) is 14.9 Å². The highest BCUT2D eigenvalue weighted by Gasteiger charge is 2.50. The molecule has 35 heavy (non-hydrogen) atoms. The van der Waals surface area contributed by atoms with E-state index in [1.807, 2.05) is 0 Å². The van der Waals surface area contributed by atoms with Crippen molar-refractivity contribution < 1.29 is 23.4 Å². The molecule has 1 aromatic carbocycles. The number of amides is 2. The molecule has 2 N–H and O–H groups in total. The van der Waals surface area contributed by atoms with E-state index in [2.05, 4.69) is 21.4 Å². The van der Waals surface area contributed by atoms with E-state index in [-0.39, 0.29) is 17.1 Å². The molecule has 8 nitrogen and oxygen atoms in total. The number of rotatable bonds is 5. The first-order valence-electron chi connectivity index (χ1n) is 10.9. The van der Waals surface area contributed by atoms with Crippen LogP contribution in [-0.2, 0) is 17.3 Å². The van der Waals surface area contributed by atoms with Crippen molar-refractivity contribution in [3.63, 3.8) is 0 Å². The second-order valence-corrected chi connectivity index (χ2v) is 9.95. The van der Waals surface area contributed by atoms with Gasteiger partial charge in [-0.2, -0.15) is 14.0 Å². The SMILES string of the molecule is CC(F)(F)c1cc(-c2sc(NC(=O)N3CC4(COC4)C3)nc2-c2cccc(C#N)c2)cc(CO)n1. The number of halogens is 2. The highest BCUT2D eigenvalue weighted by Crippen LogP contribution is 2.42. The van der Waals surface area contributed by atoms with E-state index in [1.54, 1.807) is 29.2 Å². The molecule has 0 aliphatic carbocycles. The number of likely N-dealkylation sites (tertiary alicyclic amines) is 1. The largest absolute Gasteiger partial charge is 0.390 e. The third-order valence-electron chi connectivity index (χ3n) is 6.01. The lowest BCUT2D eigenvalue weighted by Gasteiger charge is -2.54. The molecule has 2 aromatic heterocycles. The Morgan fingerprint density at radius 2 is 2.06 bits per heavy atom. The summed E-state index contributed by atoms with van der Waals surface area (Å²) in [7, 11) is 0. The summed E-state index contributed by atoms with van der Waals surface area (Å²) in [4.78, 5) is 23.4. The Balaban J connectivity index is 1.54. The van der Waals surface area contributed by atoms with Crippen LogP contribution in [0.15, 0.2) is 36.4 Å². The van der Waals surface area contributed by atoms with E-state index in [0.717, 1.165) is 18.3 Å². The number of hydrogen-bond acceptors (Lipinski definition) is 7. The first-order chi connectivity index (χ1) is 16.7. The first kappa shape index (κ1) is 23.3. The summed E-state index contributed by atoms with van der Waals surface area (Å²) >= 11 is 1.13. The fraction of sp³-hybridized carbons (Fsp3) is 0.333. The summed E-state index contributed by atoms with van der Waals surface area (Å²) in [6.45, 7) is 2.73. The third-order valence-corrected chi connectivity index (χ3v) is 7.03. The zero-order valence-electron chi connectivity index (χ0n) is 18.7. The number of hydrogen-bond donors (Lipinski definition) is 2. The van der Waals surface area contributed by atoms with Gasteiger partial charge in [-0.1, -0.05) is 23.5 Å². The van der Waals surface area contributed by atoms with Gasteiger partial charge in [0.15, 0.2) is 5.13 Å². The number of aliphatic hydroxyl groups is 1. The summed E-state index contributed by atoms with van der Waals surface area (Å²) in [6, 6.07) is 11.3. The number of anilines is 1. The fourth-order valence-corrected chi connectivity index (χ4v) is 5.14. The molecule has 0 unspecified atom stereocenters. The van der Waals surface area contributed by atoms with E-state index >= 15 is 0 Å². The van der Waals surface area contributed by atoms with E-state index in [0.29, 0.717) is 58.7 Å². The average Bonchev–Trinajstić information content (AvgIpc) is 3.20. The topological polar surface area (TPSA) is 111 Å². The van der Waals surface area contributed by atoms with Gasteiger partial charge in [0.1, 0.15) is 5.69 Å². The van der Waals surface area contributed by atoms with Crippen molar-refractivity contribution in [2.75, 3.05) is 31.6 Å². The van der Waals surface area contributed by atoms with Gasteiger partial charge in [-0.25, -0.2) is 14.8 Å². The van der Waals surface area contributed by atoms with Crippen LogP contribution in [0.2, 0.25) is 0 Å². The monoisotopic (exact) mass is 497 g/mol. The molecule has 180 valence electrons. The first-order valence-corrected chi connectivity index (χ1v) is 11.7. The number of carbonyl (C=O) groups is 1. The molecule has 0 bridgehead atoms. The van der Waals surface area contributed by atoms with Crippen molar-refractivity contribution in [3.05, 3.63) is 53.3 Å². The van der Waals surface area contributed by atoms with E-state index in [1.165, 1.54) is 12.1 Å². The summed E-state index contributed by atoms with van der Waals surface area (Å²) in [5.74, 6) is -3.22. The fourth-order valence-electron chi connectivity index (χ4n) is 4.18. The van der Waals surface area contributed by atoms with Crippen LogP contribution in [0.3, 0.4) is 0 Å². The van der Waals surface area contributed by atoms with Crippen LogP contribution >= 0.6 is 11.3 Å². The van der Waals surface area contributed by atoms with Gasteiger partial charge in [0.25, 0.3) is 5.92 Å². The summed E-state index contributed by atoms with van der Waals surface area (Å²) < 4.78 is 33.5. The average molecular weight is 498 g/mol. The van der Waals surface area contributed by atoms with Crippen molar-refractivity contribution in [3.8, 4) is 27.8 Å². The predicted octanol–water partition coefficient (Wildman–Crippen LogP) is 4.21. The normalized spacial score (nSPS) is 16.4. The lowest BCUT2D eigenvalue weighted by atomic mass is 9.78. The minimum atomic E-state index is -3.22. The van der Waals surface area contributed by atoms with Crippen LogP contribution in [0.1, 0.15) is 23.9 Å². The maximum Gasteiger partial charge on any atom is 0.323 e. The van der Waals surface area contributed by atoms with Crippen molar-refractivity contribution in [2.24, 2.45) is 5.41 Å². The molecule has 4 heterocycles. The molecule has 2 amide bonds. The number of nitrogens with one attached hydrogen (secondary N) is 1. The molecule has 0 atom stereocenters. The van der Waals surface area contributed by atoms with Gasteiger partial charge in [0.2, 0.25) is 0 Å². The number of urea groups is 1. The Morgan fingerprint density at radius 1 is 1.29 bits per heavy atom. The minimum Gasteiger partial charge on any atom is -0.390 e. The quantitative estimate of drug-likeness (QED) is 0.546. The minimum absolute atomic E-state index is 0.0633. The van der Waals surface area contributed by atoms with Crippen molar-refractivity contribution >= 4 is 22.5 Å². The van der Waals surface area contributed by atoms with Gasteiger partial charge in [0.05, 0.1) is 53.1 Å². The van der Waals surface area contributed by atoms with E-state index in [4.69, 9.17) is 4.74 Å². The smallest absolute Gasteiger partial charge is 0.323 e. The maximum absolute atomic E-state index is 14.1. The third kappa shape index (κ3) is 4.48. The molecular formula is C24H21F2N5O3S. The predicted molar refractivity (Wildman–Crippen MR) is 125 cm³/mol. The number of ether oxygens (including phenoxy) is 1. The Labute approximate surface area is 203 Å². The molecule has 2 fully saturated rings. The number of aromatic nitrogens is 2. The van der Waals surface area contributed by atoms with Gasteiger partial charge in [-0.3, -0.25) is 5.32 Å². The van der Waals surface area contributed by atoms with E-state index < -0.39 is 18.2 Å². The number of carbonyl (C=O) groups excluding carboxylic acids is 1. The number of benzene rings is 1. The number of thiazole rings is 1. The van der Waals surface area contributed by atoms with Crippen molar-refractivity contribution in [1.29, 1.82) is 5.26 Å². The van der Waals surface area contributed by atoms with Gasteiger partial charge < -0.3 is 14.7 Å². The van der Waals surface area contributed by atoms with Crippen LogP contribution < -0.4 is 5.32 Å².